The average molecular weight is 520 g/mol. The Labute approximate surface area is 219 Å². The van der Waals surface area contributed by atoms with Gasteiger partial charge in [-0.15, -0.1) is 0 Å². The lowest BCUT2D eigenvalue weighted by atomic mass is 9.89. The maximum atomic E-state index is 13.4. The fourth-order valence-electron chi connectivity index (χ4n) is 6.36. The van der Waals surface area contributed by atoms with Crippen molar-refractivity contribution < 1.29 is 28.5 Å². The number of likely N-dealkylation sites (tertiary alicyclic amines) is 2. The summed E-state index contributed by atoms with van der Waals surface area (Å²) < 4.78 is 24.9. The van der Waals surface area contributed by atoms with Crippen molar-refractivity contribution >= 4 is 11.8 Å². The number of nitriles is 1. The number of hydrogen-bond acceptors (Lipinski definition) is 9. The molecule has 37 heavy (non-hydrogen) atoms. The van der Waals surface area contributed by atoms with Crippen molar-refractivity contribution in [2.45, 2.75) is 101 Å². The first-order valence-corrected chi connectivity index (χ1v) is 13.6. The van der Waals surface area contributed by atoms with Gasteiger partial charge in [-0.05, 0) is 66.5 Å². The number of hydrogen-bond donors (Lipinski definition) is 1. The predicted molar refractivity (Wildman–Crippen MR) is 132 cm³/mol. The van der Waals surface area contributed by atoms with Gasteiger partial charge in [0.2, 0.25) is 5.91 Å². The molecule has 11 heteroatoms. The normalized spacial score (nSPS) is 37.9. The molecule has 5 aliphatic rings. The summed E-state index contributed by atoms with van der Waals surface area (Å²) in [5, 5.41) is 12.7. The van der Waals surface area contributed by atoms with E-state index in [9.17, 15) is 14.9 Å². The Morgan fingerprint density at radius 3 is 2.49 bits per heavy atom. The van der Waals surface area contributed by atoms with Crippen LogP contribution in [0.3, 0.4) is 0 Å². The number of likely N-dealkylation sites (N-methyl/N-ethyl adjacent to an activating group) is 1. The largest absolute Gasteiger partial charge is 0.341 e. The number of piperidine rings is 1. The molecule has 6 atom stereocenters. The Hall–Kier alpha value is -1.81. The number of rotatable bonds is 7. The second-order valence-corrected chi connectivity index (χ2v) is 11.8. The Balaban J connectivity index is 1.17. The molecule has 0 aromatic heterocycles. The Kier molecular flexibility index (Phi) is 7.05. The van der Waals surface area contributed by atoms with Crippen molar-refractivity contribution in [2.75, 3.05) is 46.3 Å². The summed E-state index contributed by atoms with van der Waals surface area (Å²) >= 11 is 0. The minimum absolute atomic E-state index is 0.00325. The van der Waals surface area contributed by atoms with Crippen LogP contribution in [0.15, 0.2) is 0 Å². The van der Waals surface area contributed by atoms with Crippen LogP contribution in [0.4, 0.5) is 0 Å². The standard InChI is InChI=1S/C26H41N5O6/c1-6-29(5)23(33)26-22-21(35-24(2,3)37-22)20(36-26)18(34-26)16-30-12-9-25(4,10-13-30)28-15-19(32)31-11-7-8-17(31)14-27/h17-18,20-22,28H,6-13,15-16H2,1-5H3/t17-,18+,20-,21+,22+,26?/m0/s1. The summed E-state index contributed by atoms with van der Waals surface area (Å²) in [6, 6.07) is 1.95. The van der Waals surface area contributed by atoms with Crippen molar-refractivity contribution in [3.05, 3.63) is 0 Å². The van der Waals surface area contributed by atoms with Crippen LogP contribution in [-0.4, -0.2) is 120 Å². The third kappa shape index (κ3) is 4.77. The highest BCUT2D eigenvalue weighted by Crippen LogP contribution is 2.52. The van der Waals surface area contributed by atoms with E-state index in [4.69, 9.17) is 18.9 Å². The lowest BCUT2D eigenvalue weighted by molar-refractivity contribution is -0.244. The zero-order valence-electron chi connectivity index (χ0n) is 22.7. The van der Waals surface area contributed by atoms with Crippen LogP contribution in [0, 0.1) is 11.3 Å². The molecule has 5 fully saturated rings. The van der Waals surface area contributed by atoms with E-state index >= 15 is 0 Å². The smallest absolute Gasteiger partial charge is 0.285 e. The number of nitrogens with one attached hydrogen (secondary N) is 1. The van der Waals surface area contributed by atoms with Gasteiger partial charge in [0.25, 0.3) is 11.7 Å². The molecule has 11 nitrogen and oxygen atoms in total. The highest BCUT2D eigenvalue weighted by molar-refractivity contribution is 5.85. The lowest BCUT2D eigenvalue weighted by Gasteiger charge is -2.42. The maximum Gasteiger partial charge on any atom is 0.285 e. The quantitative estimate of drug-likeness (QED) is 0.511. The van der Waals surface area contributed by atoms with Crippen molar-refractivity contribution in [3.63, 3.8) is 0 Å². The molecule has 5 heterocycles. The molecule has 1 unspecified atom stereocenters. The van der Waals surface area contributed by atoms with Crippen LogP contribution in [0.5, 0.6) is 0 Å². The van der Waals surface area contributed by atoms with Gasteiger partial charge < -0.3 is 39.0 Å². The van der Waals surface area contributed by atoms with E-state index in [2.05, 4.69) is 23.2 Å². The third-order valence-electron chi connectivity index (χ3n) is 8.74. The summed E-state index contributed by atoms with van der Waals surface area (Å²) in [4.78, 5) is 31.7. The van der Waals surface area contributed by atoms with E-state index in [-0.39, 0.29) is 48.3 Å². The van der Waals surface area contributed by atoms with Crippen molar-refractivity contribution in [2.24, 2.45) is 0 Å². The van der Waals surface area contributed by atoms with Crippen LogP contribution in [0.1, 0.15) is 53.4 Å². The molecule has 5 rings (SSSR count). The van der Waals surface area contributed by atoms with E-state index in [1.807, 2.05) is 20.8 Å². The van der Waals surface area contributed by atoms with Crippen molar-refractivity contribution in [1.82, 2.24) is 20.0 Å². The van der Waals surface area contributed by atoms with Crippen LogP contribution >= 0.6 is 0 Å². The zero-order chi connectivity index (χ0) is 26.6. The molecule has 0 aromatic carbocycles. The number of carbonyl (C=O) groups is 2. The van der Waals surface area contributed by atoms with Crippen molar-refractivity contribution in [3.8, 4) is 6.07 Å². The Morgan fingerprint density at radius 1 is 1.08 bits per heavy atom. The molecular weight excluding hydrogens is 478 g/mol. The van der Waals surface area contributed by atoms with Gasteiger partial charge in [-0.2, -0.15) is 5.26 Å². The molecule has 0 aromatic rings. The molecule has 0 aliphatic carbocycles. The van der Waals surface area contributed by atoms with Gasteiger partial charge >= 0.3 is 0 Å². The number of carbonyl (C=O) groups excluding carboxylic acids is 2. The topological polar surface area (TPSA) is 117 Å². The van der Waals surface area contributed by atoms with Gasteiger partial charge in [0.15, 0.2) is 11.9 Å². The van der Waals surface area contributed by atoms with E-state index in [0.717, 1.165) is 38.8 Å². The molecule has 1 N–H and O–H groups in total. The van der Waals surface area contributed by atoms with Crippen molar-refractivity contribution in [1.29, 1.82) is 5.26 Å². The second kappa shape index (κ2) is 9.74. The Morgan fingerprint density at radius 2 is 1.81 bits per heavy atom. The van der Waals surface area contributed by atoms with E-state index in [0.29, 0.717) is 19.6 Å². The van der Waals surface area contributed by atoms with Crippen LogP contribution in [-0.2, 0) is 28.5 Å². The predicted octanol–water partition coefficient (Wildman–Crippen LogP) is 0.437. The van der Waals surface area contributed by atoms with Gasteiger partial charge in [-0.3, -0.25) is 9.59 Å². The Bertz CT molecular complexity index is 946. The average Bonchev–Trinajstić information content (AvgIpc) is 3.63. The first-order valence-electron chi connectivity index (χ1n) is 13.6. The zero-order valence-corrected chi connectivity index (χ0v) is 22.7. The number of amides is 2. The molecule has 206 valence electrons. The van der Waals surface area contributed by atoms with E-state index in [1.165, 1.54) is 0 Å². The highest BCUT2D eigenvalue weighted by atomic mass is 16.8. The second-order valence-electron chi connectivity index (χ2n) is 11.8. The monoisotopic (exact) mass is 519 g/mol. The number of fused-ring (bicyclic) bond motifs is 5. The molecule has 5 aliphatic heterocycles. The summed E-state index contributed by atoms with van der Waals surface area (Å²) in [6.45, 7) is 11.6. The third-order valence-corrected chi connectivity index (χ3v) is 8.74. The molecule has 5 saturated heterocycles. The first-order chi connectivity index (χ1) is 17.5. The summed E-state index contributed by atoms with van der Waals surface area (Å²) in [5.41, 5.74) is -0.154. The molecule has 0 saturated carbocycles. The summed E-state index contributed by atoms with van der Waals surface area (Å²) in [7, 11) is 1.74. The van der Waals surface area contributed by atoms with Crippen LogP contribution in [0.25, 0.3) is 0 Å². The van der Waals surface area contributed by atoms with Gasteiger partial charge in [-0.25, -0.2) is 0 Å². The van der Waals surface area contributed by atoms with Gasteiger partial charge in [-0.1, -0.05) is 0 Å². The summed E-state index contributed by atoms with van der Waals surface area (Å²) in [6.07, 6.45) is 1.79. The SMILES string of the molecule is CCN(C)C(=O)C12O[C@H]([C@H]3OC(C)(C)O[C@H]31)[C@@H](CN1CCC(C)(NCC(=O)N3CCC[C@H]3C#N)CC1)O2. The van der Waals surface area contributed by atoms with Gasteiger partial charge in [0.1, 0.15) is 24.4 Å². The molecule has 2 bridgehead atoms. The number of ether oxygens (including phenoxy) is 4. The van der Waals surface area contributed by atoms with E-state index in [1.54, 1.807) is 16.8 Å². The van der Waals surface area contributed by atoms with Gasteiger partial charge in [0, 0.05) is 32.2 Å². The fourth-order valence-corrected chi connectivity index (χ4v) is 6.36. The lowest BCUT2D eigenvalue weighted by Crippen LogP contribution is -2.60. The highest BCUT2D eigenvalue weighted by Gasteiger charge is 2.74. The van der Waals surface area contributed by atoms with Crippen LogP contribution < -0.4 is 5.32 Å². The summed E-state index contributed by atoms with van der Waals surface area (Å²) in [5.74, 6) is -2.50. The first kappa shape index (κ1) is 26.8. The fraction of sp³-hybridized carbons (Fsp3) is 0.885. The molecule has 2 amide bonds. The minimum Gasteiger partial charge on any atom is -0.341 e. The molecular formula is C26H41N5O6. The van der Waals surface area contributed by atoms with Crippen LogP contribution in [0.2, 0.25) is 0 Å². The number of nitrogens with zero attached hydrogens (tertiary/aromatic N) is 4. The maximum absolute atomic E-state index is 13.4. The molecule has 0 spiro atoms. The molecule has 0 radical (unpaired) electrons. The minimum atomic E-state index is -1.47. The van der Waals surface area contributed by atoms with Gasteiger partial charge in [0.05, 0.1) is 12.6 Å². The van der Waals surface area contributed by atoms with E-state index < -0.39 is 17.7 Å².